The summed E-state index contributed by atoms with van der Waals surface area (Å²) in [5, 5.41) is 0. The van der Waals surface area contributed by atoms with Crippen LogP contribution >= 0.6 is 0 Å². The van der Waals surface area contributed by atoms with Crippen molar-refractivity contribution in [3.05, 3.63) is 26.6 Å². The van der Waals surface area contributed by atoms with Crippen molar-refractivity contribution in [1.29, 1.82) is 0 Å². The van der Waals surface area contributed by atoms with Gasteiger partial charge in [0.2, 0.25) is 0 Å². The molecule has 0 spiro atoms. The van der Waals surface area contributed by atoms with E-state index in [9.17, 15) is 0 Å². The summed E-state index contributed by atoms with van der Waals surface area (Å²) in [6, 6.07) is 0. The number of ether oxygens (including phenoxy) is 2. The van der Waals surface area contributed by atoms with Gasteiger partial charge in [0.15, 0.2) is 0 Å². The molecule has 1 aliphatic heterocycles. The van der Waals surface area contributed by atoms with Gasteiger partial charge in [0.05, 0.1) is 0 Å². The maximum atomic E-state index is 7.50. The predicted octanol–water partition coefficient (Wildman–Crippen LogP) is 1.07. The van der Waals surface area contributed by atoms with Crippen molar-refractivity contribution in [3.8, 4) is 0 Å². The summed E-state index contributed by atoms with van der Waals surface area (Å²) in [7, 11) is 0. The van der Waals surface area contributed by atoms with Gasteiger partial charge < -0.3 is 0 Å². The Balaban J connectivity index is -0.000000105. The normalized spacial score (nSPS) is 16.6. The molecule has 0 bridgehead atoms. The number of rotatable bonds is 0. The number of hydrogen-bond acceptors (Lipinski definition) is 2. The molecule has 0 atom stereocenters. The molecule has 7 heteroatoms. The molecule has 0 aliphatic carbocycles. The Labute approximate surface area is 114 Å². The SMILES string of the molecule is CC1(C)O[C](=[Fe])OC1(C)C.[C-]#[O+].[C-]#[O+].[C-]#[O+].[C-]#[O+]. The molecule has 0 aromatic heterocycles. The fraction of sp³-hybridized carbons (Fsp3) is 0.545. The Morgan fingerprint density at radius 3 is 0.944 bits per heavy atom. The van der Waals surface area contributed by atoms with Crippen LogP contribution in [-0.2, 0) is 43.7 Å². The van der Waals surface area contributed by atoms with E-state index in [0.29, 0.717) is 4.79 Å². The molecule has 0 aromatic carbocycles. The quantitative estimate of drug-likeness (QED) is 0.379. The van der Waals surface area contributed by atoms with Crippen LogP contribution in [0.2, 0.25) is 0 Å². The molecule has 0 radical (unpaired) electrons. The molecule has 0 unspecified atom stereocenters. The minimum atomic E-state index is -0.260. The van der Waals surface area contributed by atoms with E-state index in [4.69, 9.17) is 28.1 Å². The van der Waals surface area contributed by atoms with Gasteiger partial charge >= 0.3 is 114 Å². The third-order valence-electron chi connectivity index (χ3n) is 2.12. The molecule has 1 aliphatic rings. The van der Waals surface area contributed by atoms with Crippen LogP contribution in [0, 0.1) is 26.6 Å². The van der Waals surface area contributed by atoms with Crippen LogP contribution in [0.15, 0.2) is 0 Å². The van der Waals surface area contributed by atoms with Gasteiger partial charge in [-0.3, -0.25) is 0 Å². The van der Waals surface area contributed by atoms with Crippen molar-refractivity contribution in [2.75, 3.05) is 0 Å². The van der Waals surface area contributed by atoms with Crippen LogP contribution in [0.1, 0.15) is 27.7 Å². The second kappa shape index (κ2) is 14.3. The Morgan fingerprint density at radius 1 is 0.722 bits per heavy atom. The molecule has 0 aromatic rings. The maximum absolute atomic E-state index is 7.50. The first-order valence-electron chi connectivity index (χ1n) is 4.06. The van der Waals surface area contributed by atoms with Crippen LogP contribution in [-0.4, -0.2) is 16.0 Å². The molecule has 1 fully saturated rings. The standard InChI is InChI=1S/C7H12O2.4CO.Fe/c1-6(2)7(3,4)9-5-8-6;4*1-2;/h1-4H3;;;;;. The molecule has 0 saturated carbocycles. The van der Waals surface area contributed by atoms with E-state index < -0.39 is 0 Å². The molecule has 1 heterocycles. The van der Waals surface area contributed by atoms with Crippen LogP contribution in [0.25, 0.3) is 0 Å². The Bertz CT molecular complexity index is 268. The van der Waals surface area contributed by atoms with E-state index in [2.05, 4.69) is 42.2 Å². The van der Waals surface area contributed by atoms with Crippen molar-refractivity contribution in [1.82, 2.24) is 0 Å². The van der Waals surface area contributed by atoms with Gasteiger partial charge in [0, 0.05) is 0 Å². The first-order valence-corrected chi connectivity index (χ1v) is 4.61. The predicted molar refractivity (Wildman–Crippen MR) is 51.1 cm³/mol. The van der Waals surface area contributed by atoms with Crippen molar-refractivity contribution in [2.24, 2.45) is 0 Å². The second-order valence-electron chi connectivity index (χ2n) is 3.45. The summed E-state index contributed by atoms with van der Waals surface area (Å²) in [5.41, 5.74) is -0.520. The Hall–Kier alpha value is -0.731. The number of hydrogen-bond donors (Lipinski definition) is 0. The van der Waals surface area contributed by atoms with Gasteiger partial charge in [-0.05, 0) is 0 Å². The zero-order valence-electron chi connectivity index (χ0n) is 10.3. The van der Waals surface area contributed by atoms with Crippen LogP contribution < -0.4 is 0 Å². The van der Waals surface area contributed by atoms with Gasteiger partial charge in [-0.25, -0.2) is 0 Å². The Kier molecular flexibility index (Phi) is 20.7. The van der Waals surface area contributed by atoms with Crippen LogP contribution in [0.4, 0.5) is 0 Å². The molecule has 18 heavy (non-hydrogen) atoms. The molecule has 100 valence electrons. The van der Waals surface area contributed by atoms with Crippen molar-refractivity contribution in [2.45, 2.75) is 38.9 Å². The summed E-state index contributed by atoms with van der Waals surface area (Å²) >= 11 is 3.60. The van der Waals surface area contributed by atoms with E-state index in [-0.39, 0.29) is 11.2 Å². The van der Waals surface area contributed by atoms with E-state index in [1.165, 1.54) is 0 Å². The average molecular weight is 296 g/mol. The van der Waals surface area contributed by atoms with Crippen molar-refractivity contribution < 1.29 is 43.7 Å². The third kappa shape index (κ3) is 9.32. The molecule has 1 saturated heterocycles. The van der Waals surface area contributed by atoms with Crippen LogP contribution in [0.3, 0.4) is 0 Å². The summed E-state index contributed by atoms with van der Waals surface area (Å²) in [5.74, 6) is 0. The van der Waals surface area contributed by atoms with Gasteiger partial charge in [-0.1, -0.05) is 0 Å². The molecule has 1 rings (SSSR count). The van der Waals surface area contributed by atoms with Gasteiger partial charge in [-0.2, -0.15) is 0 Å². The van der Waals surface area contributed by atoms with Crippen LogP contribution in [0.5, 0.6) is 0 Å². The topological polar surface area (TPSA) is 98.1 Å². The Morgan fingerprint density at radius 2 is 0.889 bits per heavy atom. The monoisotopic (exact) mass is 296 g/mol. The summed E-state index contributed by atoms with van der Waals surface area (Å²) in [6.07, 6.45) is 0. The van der Waals surface area contributed by atoms with Crippen molar-refractivity contribution >= 4 is 4.79 Å². The van der Waals surface area contributed by atoms with E-state index in [0.717, 1.165) is 0 Å². The van der Waals surface area contributed by atoms with E-state index in [1.54, 1.807) is 0 Å². The third-order valence-corrected chi connectivity index (χ3v) is 2.34. The van der Waals surface area contributed by atoms with E-state index in [1.807, 2.05) is 27.7 Å². The summed E-state index contributed by atoms with van der Waals surface area (Å²) in [4.78, 5) is 0.426. The summed E-state index contributed by atoms with van der Waals surface area (Å²) in [6.45, 7) is 26.0. The fourth-order valence-corrected chi connectivity index (χ4v) is 1.22. The molecular formula is C11H12FeO6. The average Bonchev–Trinajstić information content (AvgIpc) is 2.56. The first kappa shape index (κ1) is 26.0. The fourth-order valence-electron chi connectivity index (χ4n) is 0.655. The van der Waals surface area contributed by atoms with E-state index >= 15 is 0 Å². The summed E-state index contributed by atoms with van der Waals surface area (Å²) < 4.78 is 40.7. The van der Waals surface area contributed by atoms with Gasteiger partial charge in [0.25, 0.3) is 0 Å². The van der Waals surface area contributed by atoms with Gasteiger partial charge in [-0.15, -0.1) is 0 Å². The zero-order chi connectivity index (χ0) is 16.0. The molecular weight excluding hydrogens is 284 g/mol. The minimum absolute atomic E-state index is 0.260. The second-order valence-corrected chi connectivity index (χ2v) is 3.90. The van der Waals surface area contributed by atoms with Crippen molar-refractivity contribution in [3.63, 3.8) is 0 Å². The molecule has 0 N–H and O–H groups in total. The van der Waals surface area contributed by atoms with Gasteiger partial charge in [0.1, 0.15) is 0 Å². The molecule has 6 nitrogen and oxygen atoms in total. The molecule has 0 amide bonds. The first-order chi connectivity index (χ1) is 8.35. The zero-order valence-corrected chi connectivity index (χ0v) is 11.4.